The van der Waals surface area contributed by atoms with Crippen molar-refractivity contribution in [2.75, 3.05) is 59.2 Å². The Labute approximate surface area is 205 Å². The van der Waals surface area contributed by atoms with Crippen LogP contribution in [0.1, 0.15) is 36.0 Å². The van der Waals surface area contributed by atoms with Gasteiger partial charge in [-0.25, -0.2) is 4.39 Å². The smallest absolute Gasteiger partial charge is 0.254 e. The third-order valence-electron chi connectivity index (χ3n) is 6.82. The molecule has 4 atom stereocenters. The van der Waals surface area contributed by atoms with Gasteiger partial charge < -0.3 is 29.5 Å². The maximum atomic E-state index is 13.3. The summed E-state index contributed by atoms with van der Waals surface area (Å²) in [6, 6.07) is 5.10. The highest BCUT2D eigenvalue weighted by Gasteiger charge is 2.40. The Hall–Kier alpha value is -2.11. The number of hydrogen-bond acceptors (Lipinski definition) is 7. The Balaban J connectivity index is 1.28. The highest BCUT2D eigenvalue weighted by Crippen LogP contribution is 2.28. The topological polar surface area (TPSA) is 101 Å². The number of aliphatic hydroxyl groups excluding tert-OH is 1. The van der Waals surface area contributed by atoms with Crippen molar-refractivity contribution in [1.82, 2.24) is 15.1 Å². The number of aliphatic hydroxyl groups is 1. The van der Waals surface area contributed by atoms with Crippen LogP contribution in [0.4, 0.5) is 4.39 Å². The normalized spacial score (nSPS) is 28.0. The Morgan fingerprint density at radius 2 is 1.86 bits per heavy atom. The predicted molar refractivity (Wildman–Crippen MR) is 125 cm³/mol. The molecule has 194 valence electrons. The van der Waals surface area contributed by atoms with Crippen molar-refractivity contribution in [3.8, 4) is 0 Å². The summed E-state index contributed by atoms with van der Waals surface area (Å²) in [6.45, 7) is 5.39. The minimum atomic E-state index is -0.818. The molecule has 35 heavy (non-hydrogen) atoms. The summed E-state index contributed by atoms with van der Waals surface area (Å²) >= 11 is 0. The third kappa shape index (κ3) is 7.44. The van der Waals surface area contributed by atoms with Crippen molar-refractivity contribution in [2.24, 2.45) is 0 Å². The van der Waals surface area contributed by atoms with Crippen LogP contribution in [-0.2, 0) is 19.0 Å². The predicted octanol–water partition coefficient (Wildman–Crippen LogP) is 0.804. The van der Waals surface area contributed by atoms with E-state index in [-0.39, 0.29) is 50.1 Å². The molecule has 3 saturated heterocycles. The standard InChI is InChI=1S/C25H36FN3O6/c26-19-4-2-18(3-5-19)25(32)29-15-20(30)16-34-17-23-22(29)7-6-21(35-23)14-24(31)27-8-1-9-28-10-12-33-13-11-28/h2-5,20-23,30H,1,6-17H2,(H,27,31)/t20-,21+,22-,23+/m0/s1. The summed E-state index contributed by atoms with van der Waals surface area (Å²) in [5, 5.41) is 13.3. The van der Waals surface area contributed by atoms with Gasteiger partial charge in [0.15, 0.2) is 0 Å². The Kier molecular flexibility index (Phi) is 9.45. The average molecular weight is 494 g/mol. The van der Waals surface area contributed by atoms with Crippen LogP contribution in [0, 0.1) is 5.82 Å². The zero-order chi connectivity index (χ0) is 24.6. The van der Waals surface area contributed by atoms with E-state index in [1.165, 1.54) is 24.3 Å². The number of fused-ring (bicyclic) bond motifs is 1. The monoisotopic (exact) mass is 493 g/mol. The van der Waals surface area contributed by atoms with Crippen molar-refractivity contribution in [1.29, 1.82) is 0 Å². The number of morpholine rings is 1. The van der Waals surface area contributed by atoms with Gasteiger partial charge in [0, 0.05) is 31.7 Å². The van der Waals surface area contributed by atoms with Crippen LogP contribution in [0.15, 0.2) is 24.3 Å². The summed E-state index contributed by atoms with van der Waals surface area (Å²) in [6.07, 6.45) is 0.912. The molecule has 3 aliphatic rings. The molecule has 0 aliphatic carbocycles. The summed E-state index contributed by atoms with van der Waals surface area (Å²) < 4.78 is 30.5. The molecule has 3 heterocycles. The Morgan fingerprint density at radius 3 is 2.63 bits per heavy atom. The fourth-order valence-corrected chi connectivity index (χ4v) is 4.97. The van der Waals surface area contributed by atoms with E-state index < -0.39 is 18.0 Å². The first kappa shape index (κ1) is 26.0. The largest absolute Gasteiger partial charge is 0.389 e. The lowest BCUT2D eigenvalue weighted by molar-refractivity contribution is -0.150. The molecule has 10 heteroatoms. The molecule has 0 radical (unpaired) electrons. The van der Waals surface area contributed by atoms with Crippen LogP contribution in [0.5, 0.6) is 0 Å². The molecule has 2 N–H and O–H groups in total. The van der Waals surface area contributed by atoms with Crippen LogP contribution in [-0.4, -0.2) is 110 Å². The quantitative estimate of drug-likeness (QED) is 0.542. The summed E-state index contributed by atoms with van der Waals surface area (Å²) in [5.74, 6) is -0.735. The molecule has 3 aliphatic heterocycles. The second-order valence-corrected chi connectivity index (χ2v) is 9.46. The van der Waals surface area contributed by atoms with E-state index in [1.807, 2.05) is 0 Å². The summed E-state index contributed by atoms with van der Waals surface area (Å²) in [5.41, 5.74) is 0.359. The van der Waals surface area contributed by atoms with Gasteiger partial charge in [0.2, 0.25) is 5.91 Å². The van der Waals surface area contributed by atoms with Crippen molar-refractivity contribution in [3.05, 3.63) is 35.6 Å². The van der Waals surface area contributed by atoms with Gasteiger partial charge in [-0.2, -0.15) is 0 Å². The molecule has 0 aromatic heterocycles. The van der Waals surface area contributed by atoms with Crippen molar-refractivity contribution < 1.29 is 33.3 Å². The molecule has 9 nitrogen and oxygen atoms in total. The van der Waals surface area contributed by atoms with Gasteiger partial charge in [0.25, 0.3) is 5.91 Å². The van der Waals surface area contributed by atoms with Gasteiger partial charge in [0.05, 0.1) is 51.1 Å². The van der Waals surface area contributed by atoms with E-state index in [4.69, 9.17) is 14.2 Å². The van der Waals surface area contributed by atoms with Gasteiger partial charge in [-0.1, -0.05) is 0 Å². The number of benzene rings is 1. The van der Waals surface area contributed by atoms with E-state index in [1.54, 1.807) is 4.90 Å². The molecule has 0 unspecified atom stereocenters. The average Bonchev–Trinajstić information content (AvgIpc) is 2.85. The van der Waals surface area contributed by atoms with Gasteiger partial charge in [-0.05, 0) is 50.1 Å². The van der Waals surface area contributed by atoms with E-state index in [2.05, 4.69) is 10.2 Å². The molecular weight excluding hydrogens is 457 g/mol. The number of halogens is 1. The van der Waals surface area contributed by atoms with Gasteiger partial charge >= 0.3 is 0 Å². The third-order valence-corrected chi connectivity index (χ3v) is 6.82. The molecule has 2 amide bonds. The first-order valence-corrected chi connectivity index (χ1v) is 12.5. The van der Waals surface area contributed by atoms with E-state index >= 15 is 0 Å². The highest BCUT2D eigenvalue weighted by atomic mass is 19.1. The molecular formula is C25H36FN3O6. The number of nitrogens with one attached hydrogen (secondary N) is 1. The fourth-order valence-electron chi connectivity index (χ4n) is 4.97. The van der Waals surface area contributed by atoms with E-state index in [0.717, 1.165) is 39.3 Å². The minimum absolute atomic E-state index is 0.0446. The number of carbonyl (C=O) groups is 2. The summed E-state index contributed by atoms with van der Waals surface area (Å²) in [4.78, 5) is 29.7. The maximum Gasteiger partial charge on any atom is 0.254 e. The van der Waals surface area contributed by atoms with E-state index in [0.29, 0.717) is 24.9 Å². The lowest BCUT2D eigenvalue weighted by atomic mass is 9.94. The highest BCUT2D eigenvalue weighted by molar-refractivity contribution is 5.94. The molecule has 0 spiro atoms. The number of amides is 2. The Morgan fingerprint density at radius 1 is 1.09 bits per heavy atom. The van der Waals surface area contributed by atoms with Crippen LogP contribution >= 0.6 is 0 Å². The lowest BCUT2D eigenvalue weighted by Crippen LogP contribution is -2.57. The SMILES string of the molecule is O=C(C[C@H]1CC[C@H]2[C@@H](COC[C@@H](O)CN2C(=O)c2ccc(F)cc2)O1)NCCCN1CCOCC1. The zero-order valence-electron chi connectivity index (χ0n) is 20.1. The maximum absolute atomic E-state index is 13.3. The van der Waals surface area contributed by atoms with Crippen LogP contribution in [0.2, 0.25) is 0 Å². The second-order valence-electron chi connectivity index (χ2n) is 9.46. The number of nitrogens with zero attached hydrogens (tertiary/aromatic N) is 2. The molecule has 3 fully saturated rings. The molecule has 1 aromatic rings. The molecule has 0 saturated carbocycles. The fraction of sp³-hybridized carbons (Fsp3) is 0.680. The van der Waals surface area contributed by atoms with E-state index in [9.17, 15) is 19.1 Å². The second kappa shape index (κ2) is 12.7. The molecule has 0 bridgehead atoms. The minimum Gasteiger partial charge on any atom is -0.389 e. The number of rotatable bonds is 7. The van der Waals surface area contributed by atoms with Crippen LogP contribution in [0.3, 0.4) is 0 Å². The summed E-state index contributed by atoms with van der Waals surface area (Å²) in [7, 11) is 0. The van der Waals surface area contributed by atoms with Crippen LogP contribution < -0.4 is 5.32 Å². The molecule has 4 rings (SSSR count). The first-order chi connectivity index (χ1) is 17.0. The lowest BCUT2D eigenvalue weighted by Gasteiger charge is -2.44. The van der Waals surface area contributed by atoms with Gasteiger partial charge in [-0.3, -0.25) is 14.5 Å². The zero-order valence-corrected chi connectivity index (χ0v) is 20.1. The van der Waals surface area contributed by atoms with Crippen molar-refractivity contribution in [2.45, 2.75) is 50.0 Å². The van der Waals surface area contributed by atoms with Gasteiger partial charge in [0.1, 0.15) is 11.9 Å². The van der Waals surface area contributed by atoms with Crippen LogP contribution in [0.25, 0.3) is 0 Å². The first-order valence-electron chi connectivity index (χ1n) is 12.5. The van der Waals surface area contributed by atoms with Crippen molar-refractivity contribution >= 4 is 11.8 Å². The number of hydrogen-bond donors (Lipinski definition) is 2. The number of carbonyl (C=O) groups excluding carboxylic acids is 2. The number of β-amino-alcohol motifs (C(OH)–C–C–N with tert-alkyl or cyclic N) is 1. The Bertz CT molecular complexity index is 835. The van der Waals surface area contributed by atoms with Crippen molar-refractivity contribution in [3.63, 3.8) is 0 Å². The number of ether oxygens (including phenoxy) is 3. The molecule has 1 aromatic carbocycles. The van der Waals surface area contributed by atoms with Gasteiger partial charge in [-0.15, -0.1) is 0 Å².